The molecule has 7 aromatic carbocycles. The molecule has 0 spiro atoms. The minimum Gasteiger partial charge on any atom is -0.744 e. The summed E-state index contributed by atoms with van der Waals surface area (Å²) in [6, 6.07) is 33.1. The second kappa shape index (κ2) is 46.1. The standard InChI is InChI=1S/C8H6O7S.6C8H6O4.C2H6O2.3Na/c9-7(10)4-2-1-3-5(8(11)12)6(4)16(13,14)15;3*9-7(10)5-1-2-6(4-3-5)8(11)12;3*9-7(10)5-2-1-3-6(4-5)8(11)12;3-1-2-4;;;/h1-3H,(H,9,10)(H,11,12)(H,13,14,15);6*1-4H,(H,9,10)(H,11,12);3-4H,1-2H2;;;/q;;;;;;;;3*+1/p-3. The van der Waals surface area contributed by atoms with Gasteiger partial charge in [0.15, 0.2) is 0 Å². The number of carboxylic acid groups (broad SMARTS) is 14. The van der Waals surface area contributed by atoms with E-state index in [1.165, 1.54) is 127 Å². The molecule has 0 aromatic heterocycles. The zero-order valence-corrected chi connectivity index (χ0v) is 55.7. The molecule has 0 unspecified atom stereocenters. The van der Waals surface area contributed by atoms with Crippen LogP contribution < -0.4 is 98.9 Å². The molecule has 37 heteroatoms. The third-order valence-electron chi connectivity index (χ3n) is 10.0. The first kappa shape index (κ1) is 91.4. The molecule has 0 aliphatic carbocycles. The number of carbonyl (C=O) groups excluding carboxylic acids is 2. The number of carbonyl (C=O) groups is 14. The Hall–Kier alpha value is -10.1. The molecule has 33 nitrogen and oxygen atoms in total. The maximum absolute atomic E-state index is 10.7. The summed E-state index contributed by atoms with van der Waals surface area (Å²) < 4.78 is 32.2. The Labute approximate surface area is 598 Å². The van der Waals surface area contributed by atoms with Crippen LogP contribution in [0.1, 0.15) is 145 Å². The van der Waals surface area contributed by atoms with Crippen molar-refractivity contribution in [1.82, 2.24) is 0 Å². The fourth-order valence-electron chi connectivity index (χ4n) is 5.75. The Morgan fingerprint density at radius 3 is 0.505 bits per heavy atom. The van der Waals surface area contributed by atoms with Gasteiger partial charge in [-0.3, -0.25) is 0 Å². The molecule has 0 bridgehead atoms. The van der Waals surface area contributed by atoms with E-state index < -0.39 is 110 Å². The fraction of sp³-hybridized carbons (Fsp3) is 0.0345. The van der Waals surface area contributed by atoms with Crippen LogP contribution in [-0.2, 0) is 10.1 Å². The van der Waals surface area contributed by atoms with Gasteiger partial charge < -0.3 is 95.8 Å². The van der Waals surface area contributed by atoms with Crippen LogP contribution in [0.5, 0.6) is 0 Å². The zero-order chi connectivity index (χ0) is 70.7. The summed E-state index contributed by atoms with van der Waals surface area (Å²) in [5.41, 5.74) is -1.62. The quantitative estimate of drug-likeness (QED) is 0.0316. The van der Waals surface area contributed by atoms with Crippen molar-refractivity contribution in [2.75, 3.05) is 13.2 Å². The summed E-state index contributed by atoms with van der Waals surface area (Å²) >= 11 is 0. The first-order valence-electron chi connectivity index (χ1n) is 24.0. The minimum atomic E-state index is -5.25. The fourth-order valence-corrected chi connectivity index (χ4v) is 6.59. The number of aliphatic hydroxyl groups is 2. The summed E-state index contributed by atoms with van der Waals surface area (Å²) in [5.74, 6) is -17.1. The Morgan fingerprint density at radius 2 is 0.400 bits per heavy atom. The van der Waals surface area contributed by atoms with E-state index in [2.05, 4.69) is 0 Å². The van der Waals surface area contributed by atoms with Crippen LogP contribution in [0, 0.1) is 0 Å². The van der Waals surface area contributed by atoms with E-state index >= 15 is 0 Å². The molecule has 0 aliphatic heterocycles. The second-order valence-electron chi connectivity index (χ2n) is 16.3. The van der Waals surface area contributed by atoms with Gasteiger partial charge in [-0.25, -0.2) is 66.0 Å². The van der Waals surface area contributed by atoms with E-state index in [0.29, 0.717) is 0 Å². The van der Waals surface area contributed by atoms with E-state index in [4.69, 9.17) is 71.5 Å². The average Bonchev–Trinajstić information content (AvgIpc) is 0.793. The number of aromatic carboxylic acids is 14. The molecule has 0 amide bonds. The number of aliphatic hydroxyl groups excluding tert-OH is 2. The van der Waals surface area contributed by atoms with Gasteiger partial charge in [-0.05, 0) is 127 Å². The average molecular weight is 1370 g/mol. The van der Waals surface area contributed by atoms with Crippen molar-refractivity contribution in [3.63, 3.8) is 0 Å². The third kappa shape index (κ3) is 35.0. The molecule has 0 aliphatic rings. The topological polar surface area (TPSA) is 626 Å². The van der Waals surface area contributed by atoms with Gasteiger partial charge in [-0.15, -0.1) is 0 Å². The normalized spacial score (nSPS) is 9.25. The van der Waals surface area contributed by atoms with Crippen LogP contribution in [0.25, 0.3) is 0 Å². The summed E-state index contributed by atoms with van der Waals surface area (Å²) in [6.07, 6.45) is 0. The predicted molar refractivity (Wildman–Crippen MR) is 299 cm³/mol. The van der Waals surface area contributed by atoms with Crippen molar-refractivity contribution < 1.29 is 250 Å². The molecule has 0 saturated carbocycles. The van der Waals surface area contributed by atoms with Crippen LogP contribution in [0.2, 0.25) is 0 Å². The molecule has 0 atom stereocenters. The van der Waals surface area contributed by atoms with E-state index in [1.54, 1.807) is 0 Å². The summed E-state index contributed by atoms with van der Waals surface area (Å²) in [4.78, 5) is 144. The van der Waals surface area contributed by atoms with E-state index in [1.807, 2.05) is 0 Å². The van der Waals surface area contributed by atoms with Gasteiger partial charge in [0.2, 0.25) is 0 Å². The maximum Gasteiger partial charge on any atom is 1.00 e. The number of rotatable bonds is 16. The maximum atomic E-state index is 10.7. The third-order valence-corrected chi connectivity index (χ3v) is 11.0. The van der Waals surface area contributed by atoms with Crippen LogP contribution in [0.4, 0.5) is 0 Å². The van der Waals surface area contributed by atoms with Crippen LogP contribution in [0.15, 0.2) is 169 Å². The first-order valence-corrected chi connectivity index (χ1v) is 25.4. The molecule has 7 rings (SSSR count). The van der Waals surface area contributed by atoms with Gasteiger partial charge in [0.1, 0.15) is 10.1 Å². The smallest absolute Gasteiger partial charge is 0.744 e. The van der Waals surface area contributed by atoms with E-state index in [0.717, 1.165) is 36.4 Å². The number of hydrogen-bond acceptors (Lipinski definition) is 21. The molecule has 0 heterocycles. The molecular formula is C58H45Na3O33S. The van der Waals surface area contributed by atoms with Gasteiger partial charge in [0.25, 0.3) is 0 Å². The monoisotopic (exact) mass is 1370 g/mol. The van der Waals surface area contributed by atoms with Gasteiger partial charge in [0, 0.05) is 11.1 Å². The van der Waals surface area contributed by atoms with Crippen molar-refractivity contribution >= 4 is 93.7 Å². The minimum absolute atomic E-state index is 0. The zero-order valence-electron chi connectivity index (χ0n) is 48.9. The number of carboxylic acids is 14. The molecule has 95 heavy (non-hydrogen) atoms. The molecule has 0 fully saturated rings. The largest absolute Gasteiger partial charge is 1.00 e. The Morgan fingerprint density at radius 1 is 0.263 bits per heavy atom. The number of hydrogen-bond donors (Lipinski definition) is 14. The van der Waals surface area contributed by atoms with Crippen LogP contribution >= 0.6 is 0 Å². The Bertz CT molecular complexity index is 3420. The Balaban J connectivity index is -0.000000502. The molecule has 0 radical (unpaired) electrons. The van der Waals surface area contributed by atoms with Crippen molar-refractivity contribution in [2.45, 2.75) is 4.90 Å². The van der Waals surface area contributed by atoms with E-state index in [-0.39, 0.29) is 169 Å². The van der Waals surface area contributed by atoms with Gasteiger partial charge >= 0.3 is 160 Å². The predicted octanol–water partition coefficient (Wildman–Crippen LogP) is -6.20. The molecule has 14 N–H and O–H groups in total. The summed E-state index contributed by atoms with van der Waals surface area (Å²) in [5, 5.41) is 138. The van der Waals surface area contributed by atoms with Crippen LogP contribution in [-0.4, -0.2) is 181 Å². The second-order valence-corrected chi connectivity index (χ2v) is 17.6. The van der Waals surface area contributed by atoms with Crippen LogP contribution in [0.3, 0.4) is 0 Å². The van der Waals surface area contributed by atoms with Gasteiger partial charge in [0.05, 0.1) is 96.8 Å². The van der Waals surface area contributed by atoms with Crippen molar-refractivity contribution in [3.05, 3.63) is 242 Å². The van der Waals surface area contributed by atoms with Gasteiger partial charge in [-0.2, -0.15) is 0 Å². The van der Waals surface area contributed by atoms with Crippen molar-refractivity contribution in [3.8, 4) is 0 Å². The Kier molecular flexibility index (Phi) is 44.3. The molecule has 484 valence electrons. The van der Waals surface area contributed by atoms with Crippen molar-refractivity contribution in [1.29, 1.82) is 0 Å². The summed E-state index contributed by atoms with van der Waals surface area (Å²) in [7, 11) is -5.25. The first-order chi connectivity index (χ1) is 42.8. The summed E-state index contributed by atoms with van der Waals surface area (Å²) in [6.45, 7) is -0.250. The number of benzene rings is 7. The van der Waals surface area contributed by atoms with Gasteiger partial charge in [-0.1, -0.05) is 36.4 Å². The SMILES string of the molecule is O=C(O)c1ccc(C(=O)O)cc1.O=C(O)c1ccc(C(=O)O)cc1.O=C(O)c1ccc(C(=O)O)cc1.O=C(O)c1cccc(C(=O)O)c1.O=C(O)c1cccc(C(=O)O)c1.O=C(O)c1cccc(C(=O)O)c1.O=C([O-])c1cccc(C(=O)[O-])c1S(=O)(=O)[O-].OCCO.[Na+].[Na+].[Na+]. The molecule has 0 saturated heterocycles. The molecular weight excluding hydrogens is 1330 g/mol. The molecule has 7 aromatic rings. The van der Waals surface area contributed by atoms with Crippen molar-refractivity contribution in [2.24, 2.45) is 0 Å². The van der Waals surface area contributed by atoms with E-state index in [9.17, 15) is 90.3 Å².